The van der Waals surface area contributed by atoms with Gasteiger partial charge in [0.25, 0.3) is 10.0 Å². The van der Waals surface area contributed by atoms with Gasteiger partial charge in [-0.2, -0.15) is 0 Å². The van der Waals surface area contributed by atoms with E-state index >= 15 is 0 Å². The molecule has 0 radical (unpaired) electrons. The first-order chi connectivity index (χ1) is 16.3. The molecule has 3 heterocycles. The summed E-state index contributed by atoms with van der Waals surface area (Å²) >= 11 is 3.49. The second-order valence-corrected chi connectivity index (χ2v) is 10.4. The van der Waals surface area contributed by atoms with Crippen LogP contribution < -0.4 is 10.2 Å². The van der Waals surface area contributed by atoms with Crippen molar-refractivity contribution in [3.8, 4) is 0 Å². The van der Waals surface area contributed by atoms with Crippen molar-refractivity contribution in [3.05, 3.63) is 70.7 Å². The Morgan fingerprint density at radius 1 is 1.15 bits per heavy atom. The van der Waals surface area contributed by atoms with Crippen LogP contribution in [-0.4, -0.2) is 54.7 Å². The number of likely N-dealkylation sites (N-methyl/N-ethyl adjacent to an activating group) is 1. The van der Waals surface area contributed by atoms with Gasteiger partial charge in [-0.3, -0.25) is 0 Å². The summed E-state index contributed by atoms with van der Waals surface area (Å²) < 4.78 is 33.4. The van der Waals surface area contributed by atoms with Crippen LogP contribution in [0.1, 0.15) is 11.3 Å². The molecule has 1 aromatic carbocycles. The maximum Gasteiger partial charge on any atom is 0.269 e. The lowest BCUT2D eigenvalue weighted by Crippen LogP contribution is -2.23. The summed E-state index contributed by atoms with van der Waals surface area (Å²) in [5, 5.41) is 3.85. The topological polar surface area (TPSA) is 102 Å². The molecule has 0 saturated heterocycles. The summed E-state index contributed by atoms with van der Waals surface area (Å²) in [4.78, 5) is 15.5. The minimum absolute atomic E-state index is 0.189. The zero-order chi connectivity index (χ0) is 24.3. The van der Waals surface area contributed by atoms with Crippen molar-refractivity contribution in [2.75, 3.05) is 37.5 Å². The van der Waals surface area contributed by atoms with Crippen LogP contribution in [-0.2, 0) is 21.3 Å². The van der Waals surface area contributed by atoms with Gasteiger partial charge in [-0.15, -0.1) is 0 Å². The highest BCUT2D eigenvalue weighted by Gasteiger charge is 2.23. The number of aryl methyl sites for hydroxylation is 1. The average Bonchev–Trinajstić information content (AvgIpc) is 3.19. The van der Waals surface area contributed by atoms with Gasteiger partial charge in [0.1, 0.15) is 18.0 Å². The molecule has 34 heavy (non-hydrogen) atoms. The molecule has 0 aliphatic rings. The van der Waals surface area contributed by atoms with Crippen molar-refractivity contribution in [2.24, 2.45) is 0 Å². The van der Waals surface area contributed by atoms with E-state index in [4.69, 9.17) is 4.74 Å². The molecular formula is C23H25BrN6O3S. The molecule has 3 aromatic heterocycles. The van der Waals surface area contributed by atoms with E-state index in [0.717, 1.165) is 23.6 Å². The molecular weight excluding hydrogens is 520 g/mol. The van der Waals surface area contributed by atoms with Crippen LogP contribution in [0.15, 0.2) is 64.4 Å². The second-order valence-electron chi connectivity index (χ2n) is 7.77. The SMILES string of the molecule is COCCN(C)c1cccc(CNc2ncnc3c2c(Br)cn3S(=O)(=O)c2ccc(C)cc2)n1. The van der Waals surface area contributed by atoms with Gasteiger partial charge >= 0.3 is 0 Å². The Balaban J connectivity index is 1.62. The molecule has 4 rings (SSSR count). The van der Waals surface area contributed by atoms with Crippen molar-refractivity contribution in [2.45, 2.75) is 18.4 Å². The minimum atomic E-state index is -3.83. The van der Waals surface area contributed by atoms with Gasteiger partial charge in [-0.25, -0.2) is 27.3 Å². The van der Waals surface area contributed by atoms with E-state index in [1.807, 2.05) is 37.1 Å². The third-order valence-corrected chi connectivity index (χ3v) is 7.60. The van der Waals surface area contributed by atoms with E-state index in [9.17, 15) is 8.42 Å². The number of hydrogen-bond acceptors (Lipinski definition) is 8. The zero-order valence-electron chi connectivity index (χ0n) is 19.1. The van der Waals surface area contributed by atoms with Crippen molar-refractivity contribution >= 4 is 48.6 Å². The Labute approximate surface area is 207 Å². The molecule has 0 aliphatic carbocycles. The molecule has 0 amide bonds. The number of fused-ring (bicyclic) bond motifs is 1. The van der Waals surface area contributed by atoms with E-state index in [2.05, 4.69) is 36.2 Å². The molecule has 1 N–H and O–H groups in total. The molecule has 4 aromatic rings. The van der Waals surface area contributed by atoms with Gasteiger partial charge in [0.05, 0.1) is 29.1 Å². The van der Waals surface area contributed by atoms with Crippen LogP contribution in [0.2, 0.25) is 0 Å². The quantitative estimate of drug-likeness (QED) is 0.339. The third kappa shape index (κ3) is 4.91. The lowest BCUT2D eigenvalue weighted by atomic mass is 10.2. The average molecular weight is 545 g/mol. The zero-order valence-corrected chi connectivity index (χ0v) is 21.5. The van der Waals surface area contributed by atoms with E-state index in [1.54, 1.807) is 31.4 Å². The predicted molar refractivity (Wildman–Crippen MR) is 136 cm³/mol. The summed E-state index contributed by atoms with van der Waals surface area (Å²) in [6.45, 7) is 3.64. The monoisotopic (exact) mass is 544 g/mol. The number of anilines is 2. The van der Waals surface area contributed by atoms with Crippen LogP contribution in [0.4, 0.5) is 11.6 Å². The first-order valence-corrected chi connectivity index (χ1v) is 12.8. The number of ether oxygens (including phenoxy) is 1. The number of rotatable bonds is 9. The molecule has 0 saturated carbocycles. The second kappa shape index (κ2) is 10.1. The molecule has 11 heteroatoms. The summed E-state index contributed by atoms with van der Waals surface area (Å²) in [6.07, 6.45) is 2.85. The maximum atomic E-state index is 13.3. The van der Waals surface area contributed by atoms with Gasteiger partial charge in [0.15, 0.2) is 5.65 Å². The van der Waals surface area contributed by atoms with E-state index < -0.39 is 10.0 Å². The molecule has 0 spiro atoms. The number of aromatic nitrogens is 4. The van der Waals surface area contributed by atoms with Gasteiger partial charge in [0, 0.05) is 31.4 Å². The Morgan fingerprint density at radius 3 is 2.65 bits per heavy atom. The van der Waals surface area contributed by atoms with E-state index in [0.29, 0.717) is 28.8 Å². The van der Waals surface area contributed by atoms with Gasteiger partial charge in [-0.05, 0) is 47.1 Å². The molecule has 0 bridgehead atoms. The summed E-state index contributed by atoms with van der Waals surface area (Å²) in [7, 11) is -0.200. The van der Waals surface area contributed by atoms with Gasteiger partial charge in [0.2, 0.25) is 0 Å². The molecule has 9 nitrogen and oxygen atoms in total. The van der Waals surface area contributed by atoms with Crippen molar-refractivity contribution in [1.82, 2.24) is 18.9 Å². The smallest absolute Gasteiger partial charge is 0.269 e. The number of hydrogen-bond donors (Lipinski definition) is 1. The highest BCUT2D eigenvalue weighted by atomic mass is 79.9. The fourth-order valence-corrected chi connectivity index (χ4v) is 5.45. The highest BCUT2D eigenvalue weighted by Crippen LogP contribution is 2.32. The van der Waals surface area contributed by atoms with Crippen molar-refractivity contribution in [1.29, 1.82) is 0 Å². The van der Waals surface area contributed by atoms with Gasteiger partial charge < -0.3 is 15.0 Å². The first kappa shape index (κ1) is 24.1. The molecule has 0 fully saturated rings. The predicted octanol–water partition coefficient (Wildman–Crippen LogP) is 3.83. The van der Waals surface area contributed by atoms with E-state index in [1.165, 1.54) is 16.5 Å². The largest absolute Gasteiger partial charge is 0.383 e. The van der Waals surface area contributed by atoms with Crippen LogP contribution in [0, 0.1) is 6.92 Å². The van der Waals surface area contributed by atoms with Crippen LogP contribution >= 0.6 is 15.9 Å². The Bertz CT molecular complexity index is 1410. The normalized spacial score (nSPS) is 11.6. The van der Waals surface area contributed by atoms with Crippen LogP contribution in [0.5, 0.6) is 0 Å². The standard InChI is InChI=1S/C23H25BrN6O3S/c1-16-7-9-18(10-8-16)34(31,32)30-14-19(24)21-22(26-15-27-23(21)30)25-13-17-5-4-6-20(28-17)29(2)11-12-33-3/h4-10,14-15H,11-13H2,1-3H3,(H,25,26,27). The number of halogens is 1. The Kier molecular flexibility index (Phi) is 7.15. The van der Waals surface area contributed by atoms with Crippen LogP contribution in [0.25, 0.3) is 11.0 Å². The van der Waals surface area contributed by atoms with Crippen LogP contribution in [0.3, 0.4) is 0 Å². The fourth-order valence-electron chi connectivity index (χ4n) is 3.43. The number of nitrogens with zero attached hydrogens (tertiary/aromatic N) is 5. The van der Waals surface area contributed by atoms with Gasteiger partial charge in [-0.1, -0.05) is 23.8 Å². The van der Waals surface area contributed by atoms with Crippen molar-refractivity contribution in [3.63, 3.8) is 0 Å². The lowest BCUT2D eigenvalue weighted by molar-refractivity contribution is 0.206. The lowest BCUT2D eigenvalue weighted by Gasteiger charge is -2.18. The molecule has 0 atom stereocenters. The summed E-state index contributed by atoms with van der Waals surface area (Å²) in [6, 6.07) is 12.5. The minimum Gasteiger partial charge on any atom is -0.383 e. The Hall–Kier alpha value is -3.02. The Morgan fingerprint density at radius 2 is 1.91 bits per heavy atom. The number of pyridine rings is 1. The maximum absolute atomic E-state index is 13.3. The summed E-state index contributed by atoms with van der Waals surface area (Å²) in [5.74, 6) is 1.34. The number of benzene rings is 1. The fraction of sp³-hybridized carbons (Fsp3) is 0.261. The van der Waals surface area contributed by atoms with E-state index in [-0.39, 0.29) is 10.5 Å². The molecule has 0 unspecified atom stereocenters. The molecule has 178 valence electrons. The first-order valence-electron chi connectivity index (χ1n) is 10.5. The number of nitrogens with one attached hydrogen (secondary N) is 1. The van der Waals surface area contributed by atoms with Crippen molar-refractivity contribution < 1.29 is 13.2 Å². The molecule has 0 aliphatic heterocycles. The number of methoxy groups -OCH3 is 1. The summed E-state index contributed by atoms with van der Waals surface area (Å²) in [5.41, 5.74) is 2.08. The highest BCUT2D eigenvalue weighted by molar-refractivity contribution is 9.10. The third-order valence-electron chi connectivity index (χ3n) is 5.33.